The van der Waals surface area contributed by atoms with Crippen LogP contribution < -0.4 is 5.32 Å². The molecule has 19 heavy (non-hydrogen) atoms. The van der Waals surface area contributed by atoms with Crippen LogP contribution in [-0.4, -0.2) is 23.0 Å². The number of rotatable bonds is 4. The Bertz CT molecular complexity index is 577. The standard InChI is InChI=1S/C13H10ClNO4/c14-9-5-3-8(4-6-9)11(16)13(18)15-12(17)10-2-1-7-19-10/h1-7,13,18H,(H,15,17)/t13-/m1/s1. The SMILES string of the molecule is O=C(N[C@H](O)C(=O)c1ccc(Cl)cc1)c1ccco1. The van der Waals surface area contributed by atoms with Gasteiger partial charge >= 0.3 is 0 Å². The predicted octanol–water partition coefficient (Wildman–Crippen LogP) is 1.86. The lowest BCUT2D eigenvalue weighted by Gasteiger charge is -2.10. The molecule has 98 valence electrons. The molecule has 0 saturated carbocycles. The summed E-state index contributed by atoms with van der Waals surface area (Å²) in [5.41, 5.74) is 0.247. The molecule has 1 amide bonds. The Morgan fingerprint density at radius 1 is 1.21 bits per heavy atom. The van der Waals surface area contributed by atoms with Crippen molar-refractivity contribution in [1.82, 2.24) is 5.32 Å². The quantitative estimate of drug-likeness (QED) is 0.661. The first-order valence-electron chi connectivity index (χ1n) is 5.40. The molecular weight excluding hydrogens is 270 g/mol. The zero-order valence-electron chi connectivity index (χ0n) is 9.67. The number of carbonyl (C=O) groups is 2. The van der Waals surface area contributed by atoms with Crippen molar-refractivity contribution in [2.75, 3.05) is 0 Å². The summed E-state index contributed by atoms with van der Waals surface area (Å²) >= 11 is 5.69. The second-order valence-electron chi connectivity index (χ2n) is 3.72. The largest absolute Gasteiger partial charge is 0.459 e. The Hall–Kier alpha value is -2.11. The number of aliphatic hydroxyl groups excluding tert-OH is 1. The van der Waals surface area contributed by atoms with Gasteiger partial charge in [0.25, 0.3) is 5.91 Å². The van der Waals surface area contributed by atoms with Crippen LogP contribution in [0.25, 0.3) is 0 Å². The van der Waals surface area contributed by atoms with Gasteiger partial charge in [0.15, 0.2) is 12.0 Å². The van der Waals surface area contributed by atoms with E-state index in [-0.39, 0.29) is 11.3 Å². The van der Waals surface area contributed by atoms with Gasteiger partial charge in [0, 0.05) is 10.6 Å². The van der Waals surface area contributed by atoms with Gasteiger partial charge in [-0.15, -0.1) is 0 Å². The molecule has 2 N–H and O–H groups in total. The topological polar surface area (TPSA) is 79.5 Å². The number of aliphatic hydroxyl groups is 1. The molecule has 0 bridgehead atoms. The fourth-order valence-electron chi connectivity index (χ4n) is 1.44. The maximum absolute atomic E-state index is 11.8. The zero-order chi connectivity index (χ0) is 13.8. The van der Waals surface area contributed by atoms with Gasteiger partial charge in [-0.25, -0.2) is 0 Å². The molecule has 1 atom stereocenters. The van der Waals surface area contributed by atoms with E-state index in [0.29, 0.717) is 5.02 Å². The van der Waals surface area contributed by atoms with Crippen LogP contribution in [-0.2, 0) is 0 Å². The van der Waals surface area contributed by atoms with Gasteiger partial charge in [0.2, 0.25) is 5.78 Å². The number of hydrogen-bond donors (Lipinski definition) is 2. The molecule has 0 aliphatic heterocycles. The van der Waals surface area contributed by atoms with E-state index in [9.17, 15) is 14.7 Å². The van der Waals surface area contributed by atoms with Crippen LogP contribution in [0.3, 0.4) is 0 Å². The summed E-state index contributed by atoms with van der Waals surface area (Å²) in [6.45, 7) is 0. The van der Waals surface area contributed by atoms with E-state index in [1.165, 1.54) is 42.7 Å². The Labute approximate surface area is 113 Å². The van der Waals surface area contributed by atoms with Crippen molar-refractivity contribution in [1.29, 1.82) is 0 Å². The van der Waals surface area contributed by atoms with Crippen molar-refractivity contribution < 1.29 is 19.1 Å². The average molecular weight is 280 g/mol. The van der Waals surface area contributed by atoms with E-state index in [0.717, 1.165) is 0 Å². The van der Waals surface area contributed by atoms with Crippen molar-refractivity contribution in [2.45, 2.75) is 6.23 Å². The van der Waals surface area contributed by atoms with Gasteiger partial charge in [-0.2, -0.15) is 0 Å². The van der Waals surface area contributed by atoms with Gasteiger partial charge in [-0.05, 0) is 36.4 Å². The second kappa shape index (κ2) is 5.69. The summed E-state index contributed by atoms with van der Waals surface area (Å²) < 4.78 is 4.85. The summed E-state index contributed by atoms with van der Waals surface area (Å²) in [6.07, 6.45) is -0.318. The molecule has 0 aliphatic rings. The Morgan fingerprint density at radius 3 is 2.47 bits per heavy atom. The first-order chi connectivity index (χ1) is 9.08. The highest BCUT2D eigenvalue weighted by atomic mass is 35.5. The lowest BCUT2D eigenvalue weighted by Crippen LogP contribution is -2.40. The zero-order valence-corrected chi connectivity index (χ0v) is 10.4. The molecule has 0 saturated heterocycles. The summed E-state index contributed by atoms with van der Waals surface area (Å²) in [5, 5.41) is 12.3. The van der Waals surface area contributed by atoms with Crippen molar-refractivity contribution in [3.05, 3.63) is 59.0 Å². The monoisotopic (exact) mass is 279 g/mol. The highest BCUT2D eigenvalue weighted by Crippen LogP contribution is 2.11. The molecule has 5 nitrogen and oxygen atoms in total. The molecule has 2 aromatic rings. The molecule has 1 heterocycles. The number of carbonyl (C=O) groups excluding carboxylic acids is 2. The first kappa shape index (κ1) is 13.3. The third-order valence-electron chi connectivity index (χ3n) is 2.39. The Balaban J connectivity index is 2.03. The summed E-state index contributed by atoms with van der Waals surface area (Å²) in [5.74, 6) is -1.28. The van der Waals surface area contributed by atoms with Crippen molar-refractivity contribution in [3.63, 3.8) is 0 Å². The molecule has 1 aromatic heterocycles. The minimum Gasteiger partial charge on any atom is -0.459 e. The maximum Gasteiger partial charge on any atom is 0.289 e. The molecule has 0 unspecified atom stereocenters. The predicted molar refractivity (Wildman–Crippen MR) is 68.0 cm³/mol. The summed E-state index contributed by atoms with van der Waals surface area (Å²) in [4.78, 5) is 23.4. The number of Topliss-reactive ketones (excluding diaryl/α,β-unsaturated/α-hetero) is 1. The van der Waals surface area contributed by atoms with Crippen LogP contribution in [0.5, 0.6) is 0 Å². The summed E-state index contributed by atoms with van der Waals surface area (Å²) in [6, 6.07) is 8.93. The van der Waals surface area contributed by atoms with Crippen molar-refractivity contribution in [3.8, 4) is 0 Å². The number of nitrogens with one attached hydrogen (secondary N) is 1. The molecule has 1 aromatic carbocycles. The van der Waals surface area contributed by atoms with E-state index in [1.54, 1.807) is 0 Å². The number of halogens is 1. The van der Waals surface area contributed by atoms with Gasteiger partial charge in [-0.1, -0.05) is 11.6 Å². The minimum absolute atomic E-state index is 0.0166. The fraction of sp³-hybridized carbons (Fsp3) is 0.0769. The van der Waals surface area contributed by atoms with E-state index < -0.39 is 17.9 Å². The van der Waals surface area contributed by atoms with Crippen LogP contribution in [0.4, 0.5) is 0 Å². The average Bonchev–Trinajstić information content (AvgIpc) is 2.92. The van der Waals surface area contributed by atoms with Crippen LogP contribution in [0, 0.1) is 0 Å². The van der Waals surface area contributed by atoms with Crippen LogP contribution in [0.2, 0.25) is 5.02 Å². The molecule has 6 heteroatoms. The third-order valence-corrected chi connectivity index (χ3v) is 2.64. The number of amides is 1. The lowest BCUT2D eigenvalue weighted by atomic mass is 10.1. The third kappa shape index (κ3) is 3.21. The fourth-order valence-corrected chi connectivity index (χ4v) is 1.57. The number of hydrogen-bond acceptors (Lipinski definition) is 4. The molecule has 0 aliphatic carbocycles. The molecular formula is C13H10ClNO4. The Kier molecular flexibility index (Phi) is 3.99. The highest BCUT2D eigenvalue weighted by Gasteiger charge is 2.21. The minimum atomic E-state index is -1.64. The smallest absolute Gasteiger partial charge is 0.289 e. The van der Waals surface area contributed by atoms with Gasteiger partial charge in [0.1, 0.15) is 0 Å². The van der Waals surface area contributed by atoms with Gasteiger partial charge < -0.3 is 14.8 Å². The highest BCUT2D eigenvalue weighted by molar-refractivity contribution is 6.30. The number of ketones is 1. The van der Waals surface area contributed by atoms with Crippen LogP contribution in [0.15, 0.2) is 47.1 Å². The molecule has 2 rings (SSSR count). The lowest BCUT2D eigenvalue weighted by molar-refractivity contribution is 0.0597. The normalized spacial score (nSPS) is 11.9. The summed E-state index contributed by atoms with van der Waals surface area (Å²) in [7, 11) is 0. The Morgan fingerprint density at radius 2 is 1.89 bits per heavy atom. The number of furan rings is 1. The van der Waals surface area contributed by atoms with E-state index >= 15 is 0 Å². The molecule has 0 radical (unpaired) electrons. The van der Waals surface area contributed by atoms with Crippen LogP contribution in [0.1, 0.15) is 20.9 Å². The van der Waals surface area contributed by atoms with Crippen LogP contribution >= 0.6 is 11.6 Å². The van der Waals surface area contributed by atoms with Gasteiger partial charge in [-0.3, -0.25) is 9.59 Å². The van der Waals surface area contributed by atoms with Gasteiger partial charge in [0.05, 0.1) is 6.26 Å². The number of benzene rings is 1. The van der Waals surface area contributed by atoms with Crippen molar-refractivity contribution in [2.24, 2.45) is 0 Å². The molecule has 0 spiro atoms. The van der Waals surface area contributed by atoms with E-state index in [2.05, 4.69) is 5.32 Å². The van der Waals surface area contributed by atoms with E-state index in [4.69, 9.17) is 16.0 Å². The second-order valence-corrected chi connectivity index (χ2v) is 4.16. The first-order valence-corrected chi connectivity index (χ1v) is 5.78. The van der Waals surface area contributed by atoms with Crippen molar-refractivity contribution >= 4 is 23.3 Å². The maximum atomic E-state index is 11.8. The van der Waals surface area contributed by atoms with E-state index in [1.807, 2.05) is 0 Å². The molecule has 0 fully saturated rings.